The van der Waals surface area contributed by atoms with E-state index in [9.17, 15) is 0 Å². The zero-order valence-corrected chi connectivity index (χ0v) is 13.9. The highest BCUT2D eigenvalue weighted by molar-refractivity contribution is 5.82. The van der Waals surface area contributed by atoms with E-state index in [0.717, 1.165) is 37.6 Å². The van der Waals surface area contributed by atoms with E-state index in [0.29, 0.717) is 5.92 Å². The van der Waals surface area contributed by atoms with E-state index in [1.54, 1.807) is 0 Å². The Morgan fingerprint density at radius 2 is 1.61 bits per heavy atom. The molecule has 0 spiro atoms. The van der Waals surface area contributed by atoms with Crippen molar-refractivity contribution >= 4 is 17.6 Å². The van der Waals surface area contributed by atoms with Crippen LogP contribution in [-0.4, -0.2) is 32.5 Å². The van der Waals surface area contributed by atoms with Crippen LogP contribution in [0.5, 0.6) is 0 Å². The summed E-state index contributed by atoms with van der Waals surface area (Å²) in [5.41, 5.74) is 4.71. The van der Waals surface area contributed by atoms with E-state index in [2.05, 4.69) is 72.3 Å². The maximum atomic E-state index is 5.39. The molecule has 3 nitrogen and oxygen atoms in total. The molecule has 3 heteroatoms. The number of ether oxygens (including phenoxy) is 1. The summed E-state index contributed by atoms with van der Waals surface area (Å²) in [5.74, 6) is 0.556. The SMILES string of the molecule is CC(C)c1ccc(N=Cc2ccc(N3CCOCC3)cc2)cc1. The number of hydrogen-bond donors (Lipinski definition) is 0. The van der Waals surface area contributed by atoms with E-state index in [1.807, 2.05) is 6.21 Å². The Hall–Kier alpha value is -2.13. The van der Waals surface area contributed by atoms with Crippen LogP contribution in [0.3, 0.4) is 0 Å². The van der Waals surface area contributed by atoms with Gasteiger partial charge in [-0.3, -0.25) is 4.99 Å². The van der Waals surface area contributed by atoms with Gasteiger partial charge >= 0.3 is 0 Å². The third-order valence-corrected chi connectivity index (χ3v) is 4.19. The van der Waals surface area contributed by atoms with E-state index in [-0.39, 0.29) is 0 Å². The Bertz CT molecular complexity index is 638. The number of nitrogens with zero attached hydrogens (tertiary/aromatic N) is 2. The molecule has 1 heterocycles. The number of hydrogen-bond acceptors (Lipinski definition) is 3. The molecule has 1 aliphatic rings. The summed E-state index contributed by atoms with van der Waals surface area (Å²) in [7, 11) is 0. The number of rotatable bonds is 4. The Morgan fingerprint density at radius 1 is 0.957 bits per heavy atom. The minimum absolute atomic E-state index is 0.556. The maximum absolute atomic E-state index is 5.39. The predicted octanol–water partition coefficient (Wildman–Crippen LogP) is 4.40. The van der Waals surface area contributed by atoms with Crippen molar-refractivity contribution in [2.24, 2.45) is 4.99 Å². The van der Waals surface area contributed by atoms with Crippen LogP contribution in [0.4, 0.5) is 11.4 Å². The van der Waals surface area contributed by atoms with E-state index in [4.69, 9.17) is 4.74 Å². The zero-order valence-electron chi connectivity index (χ0n) is 13.9. The third-order valence-electron chi connectivity index (χ3n) is 4.19. The minimum atomic E-state index is 0.556. The second kappa shape index (κ2) is 7.42. The van der Waals surface area contributed by atoms with Gasteiger partial charge in [-0.25, -0.2) is 0 Å². The first-order valence-corrected chi connectivity index (χ1v) is 8.29. The van der Waals surface area contributed by atoms with Gasteiger partial charge in [-0.1, -0.05) is 38.1 Å². The Kier molecular flexibility index (Phi) is 5.09. The zero-order chi connectivity index (χ0) is 16.1. The molecule has 0 bridgehead atoms. The van der Waals surface area contributed by atoms with Crippen molar-refractivity contribution in [2.75, 3.05) is 31.2 Å². The fourth-order valence-electron chi connectivity index (χ4n) is 2.69. The molecule has 0 N–H and O–H groups in total. The Balaban J connectivity index is 1.65. The summed E-state index contributed by atoms with van der Waals surface area (Å²) < 4.78 is 5.39. The molecule has 1 saturated heterocycles. The normalized spacial score (nSPS) is 15.5. The molecule has 0 amide bonds. The average molecular weight is 308 g/mol. The van der Waals surface area contributed by atoms with Gasteiger partial charge in [0.2, 0.25) is 0 Å². The summed E-state index contributed by atoms with van der Waals surface area (Å²) in [6, 6.07) is 17.0. The molecule has 2 aromatic carbocycles. The average Bonchev–Trinajstić information content (AvgIpc) is 2.61. The van der Waals surface area contributed by atoms with Gasteiger partial charge in [-0.15, -0.1) is 0 Å². The molecule has 3 rings (SSSR count). The van der Waals surface area contributed by atoms with E-state index < -0.39 is 0 Å². The van der Waals surface area contributed by atoms with Crippen LogP contribution >= 0.6 is 0 Å². The van der Waals surface area contributed by atoms with Crippen LogP contribution in [0, 0.1) is 0 Å². The first-order chi connectivity index (χ1) is 11.2. The third kappa shape index (κ3) is 4.20. The van der Waals surface area contributed by atoms with Crippen molar-refractivity contribution in [1.82, 2.24) is 0 Å². The lowest BCUT2D eigenvalue weighted by atomic mass is 10.0. The lowest BCUT2D eigenvalue weighted by Crippen LogP contribution is -2.36. The van der Waals surface area contributed by atoms with E-state index in [1.165, 1.54) is 11.3 Å². The first kappa shape index (κ1) is 15.8. The Morgan fingerprint density at radius 3 is 2.22 bits per heavy atom. The number of aliphatic imine (C=N–C) groups is 1. The fraction of sp³-hybridized carbons (Fsp3) is 0.350. The van der Waals surface area contributed by atoms with Crippen molar-refractivity contribution in [3.8, 4) is 0 Å². The topological polar surface area (TPSA) is 24.8 Å². The Labute approximate surface area is 138 Å². The molecule has 23 heavy (non-hydrogen) atoms. The van der Waals surface area contributed by atoms with Gasteiger partial charge in [0.05, 0.1) is 18.9 Å². The van der Waals surface area contributed by atoms with Crippen LogP contribution in [0.1, 0.15) is 30.9 Å². The van der Waals surface area contributed by atoms with Crippen LogP contribution in [0.25, 0.3) is 0 Å². The molecule has 0 atom stereocenters. The summed E-state index contributed by atoms with van der Waals surface area (Å²) in [6.45, 7) is 7.97. The molecule has 0 aliphatic carbocycles. The van der Waals surface area contributed by atoms with Crippen molar-refractivity contribution < 1.29 is 4.74 Å². The van der Waals surface area contributed by atoms with Gasteiger partial charge in [-0.05, 0) is 41.3 Å². The molecule has 0 aromatic heterocycles. The van der Waals surface area contributed by atoms with Crippen molar-refractivity contribution in [1.29, 1.82) is 0 Å². The smallest absolute Gasteiger partial charge is 0.0642 e. The van der Waals surface area contributed by atoms with Gasteiger partial charge in [0.1, 0.15) is 0 Å². The number of benzene rings is 2. The van der Waals surface area contributed by atoms with Crippen molar-refractivity contribution in [3.05, 3.63) is 59.7 Å². The highest BCUT2D eigenvalue weighted by Crippen LogP contribution is 2.20. The van der Waals surface area contributed by atoms with Crippen LogP contribution in [0.15, 0.2) is 53.5 Å². The van der Waals surface area contributed by atoms with Crippen LogP contribution in [-0.2, 0) is 4.74 Å². The largest absolute Gasteiger partial charge is 0.378 e. The maximum Gasteiger partial charge on any atom is 0.0642 e. The lowest BCUT2D eigenvalue weighted by Gasteiger charge is -2.28. The van der Waals surface area contributed by atoms with E-state index >= 15 is 0 Å². The molecule has 120 valence electrons. The number of morpholine rings is 1. The van der Waals surface area contributed by atoms with Crippen molar-refractivity contribution in [2.45, 2.75) is 19.8 Å². The molecule has 2 aromatic rings. The summed E-state index contributed by atoms with van der Waals surface area (Å²) in [6.07, 6.45) is 1.92. The molecule has 0 radical (unpaired) electrons. The lowest BCUT2D eigenvalue weighted by molar-refractivity contribution is 0.122. The monoisotopic (exact) mass is 308 g/mol. The molecule has 0 unspecified atom stereocenters. The summed E-state index contributed by atoms with van der Waals surface area (Å²) in [4.78, 5) is 6.92. The molecular weight excluding hydrogens is 284 g/mol. The first-order valence-electron chi connectivity index (χ1n) is 8.29. The van der Waals surface area contributed by atoms with Gasteiger partial charge in [0.15, 0.2) is 0 Å². The number of anilines is 1. The quantitative estimate of drug-likeness (QED) is 0.782. The van der Waals surface area contributed by atoms with Crippen LogP contribution in [0.2, 0.25) is 0 Å². The molecular formula is C20H24N2O. The minimum Gasteiger partial charge on any atom is -0.378 e. The molecule has 1 fully saturated rings. The standard InChI is InChI=1S/C20H24N2O/c1-16(2)18-5-7-19(8-6-18)21-15-17-3-9-20(10-4-17)22-11-13-23-14-12-22/h3-10,15-16H,11-14H2,1-2H3. The second-order valence-electron chi connectivity index (χ2n) is 6.20. The summed E-state index contributed by atoms with van der Waals surface area (Å²) in [5, 5.41) is 0. The van der Waals surface area contributed by atoms with Crippen molar-refractivity contribution in [3.63, 3.8) is 0 Å². The van der Waals surface area contributed by atoms with Gasteiger partial charge < -0.3 is 9.64 Å². The van der Waals surface area contributed by atoms with Gasteiger partial charge in [-0.2, -0.15) is 0 Å². The fourth-order valence-corrected chi connectivity index (χ4v) is 2.69. The summed E-state index contributed by atoms with van der Waals surface area (Å²) >= 11 is 0. The highest BCUT2D eigenvalue weighted by atomic mass is 16.5. The van der Waals surface area contributed by atoms with Gasteiger partial charge in [0, 0.05) is 25.0 Å². The molecule has 1 aliphatic heterocycles. The predicted molar refractivity (Wildman–Crippen MR) is 97.3 cm³/mol. The molecule has 0 saturated carbocycles. The highest BCUT2D eigenvalue weighted by Gasteiger charge is 2.10. The van der Waals surface area contributed by atoms with Crippen LogP contribution < -0.4 is 4.90 Å². The second-order valence-corrected chi connectivity index (χ2v) is 6.20. The van der Waals surface area contributed by atoms with Gasteiger partial charge in [0.25, 0.3) is 0 Å².